The summed E-state index contributed by atoms with van der Waals surface area (Å²) in [4.78, 5) is 34.1. The summed E-state index contributed by atoms with van der Waals surface area (Å²) < 4.78 is 10.5. The molecule has 2 atom stereocenters. The van der Waals surface area contributed by atoms with Crippen molar-refractivity contribution in [3.05, 3.63) is 39.9 Å². The summed E-state index contributed by atoms with van der Waals surface area (Å²) in [6.07, 6.45) is -1.46. The van der Waals surface area contributed by atoms with Crippen molar-refractivity contribution in [2.75, 3.05) is 0 Å². The van der Waals surface area contributed by atoms with Crippen LogP contribution in [0.3, 0.4) is 0 Å². The van der Waals surface area contributed by atoms with Gasteiger partial charge in [-0.1, -0.05) is 19.0 Å². The quantitative estimate of drug-likeness (QED) is 0.309. The van der Waals surface area contributed by atoms with Crippen molar-refractivity contribution < 1.29 is 24.0 Å². The largest absolute Gasteiger partial charge is 0.456 e. The molecule has 1 aromatic carbocycles. The Kier molecular flexibility index (Phi) is 7.56. The zero-order valence-corrected chi connectivity index (χ0v) is 16.3. The van der Waals surface area contributed by atoms with Gasteiger partial charge in [0.2, 0.25) is 0 Å². The maximum Gasteiger partial charge on any atom is 0.452 e. The fraction of sp³-hybridized carbons (Fsp3) is 0.556. The first-order chi connectivity index (χ1) is 12.4. The van der Waals surface area contributed by atoms with Crippen LogP contribution in [0.2, 0.25) is 0 Å². The Hall–Kier alpha value is -2.84. The third kappa shape index (κ3) is 7.51. The van der Waals surface area contributed by atoms with Crippen LogP contribution in [0, 0.1) is 16.0 Å². The lowest BCUT2D eigenvalue weighted by molar-refractivity contribution is -0.384. The Morgan fingerprint density at radius 3 is 2.11 bits per heavy atom. The molecule has 0 heterocycles. The number of esters is 1. The van der Waals surface area contributed by atoms with E-state index in [0.717, 1.165) is 0 Å². The number of carbonyl (C=O) groups is 2. The average molecular weight is 379 g/mol. The highest BCUT2D eigenvalue weighted by molar-refractivity contribution is 5.89. The molecule has 1 amide bonds. The molecular weight excluding hydrogens is 354 g/mol. The zero-order valence-electron chi connectivity index (χ0n) is 16.3. The Morgan fingerprint density at radius 1 is 1.11 bits per heavy atom. The second kappa shape index (κ2) is 9.20. The first kappa shape index (κ1) is 22.2. The van der Waals surface area contributed by atoms with E-state index >= 15 is 0 Å². The van der Waals surface area contributed by atoms with Gasteiger partial charge in [-0.2, -0.15) is 5.11 Å². The van der Waals surface area contributed by atoms with E-state index < -0.39 is 34.7 Å². The smallest absolute Gasteiger partial charge is 0.452 e. The minimum absolute atomic E-state index is 0.0976. The Morgan fingerprint density at radius 2 is 1.67 bits per heavy atom. The number of carbonyl (C=O) groups excluding carboxylic acids is 2. The van der Waals surface area contributed by atoms with Crippen LogP contribution in [0.4, 0.5) is 10.5 Å². The molecule has 0 fully saturated rings. The van der Waals surface area contributed by atoms with E-state index in [1.54, 1.807) is 27.7 Å². The molecule has 9 nitrogen and oxygen atoms in total. The summed E-state index contributed by atoms with van der Waals surface area (Å²) >= 11 is 0. The number of amides is 1. The predicted octanol–water partition coefficient (Wildman–Crippen LogP) is 4.55. The SMILES string of the molecule is CC(C)C(OC(=O)c1ccc([N+](=O)[O-])cc1)[C@H](C)N=NC(=O)OC(C)(C)C. The Labute approximate surface area is 157 Å². The molecule has 0 N–H and O–H groups in total. The predicted molar refractivity (Wildman–Crippen MR) is 97.7 cm³/mol. The maximum absolute atomic E-state index is 12.3. The van der Waals surface area contributed by atoms with Gasteiger partial charge in [-0.05, 0) is 45.7 Å². The number of hydrogen-bond acceptors (Lipinski definition) is 7. The van der Waals surface area contributed by atoms with Gasteiger partial charge in [-0.25, -0.2) is 9.59 Å². The van der Waals surface area contributed by atoms with Crippen LogP contribution in [-0.2, 0) is 9.47 Å². The third-order valence-corrected chi connectivity index (χ3v) is 3.40. The Balaban J connectivity index is 2.81. The van der Waals surface area contributed by atoms with E-state index in [1.807, 2.05) is 13.8 Å². The summed E-state index contributed by atoms with van der Waals surface area (Å²) in [6, 6.07) is 4.52. The number of ether oxygens (including phenoxy) is 2. The van der Waals surface area contributed by atoms with Crippen molar-refractivity contribution >= 4 is 17.7 Å². The molecule has 0 saturated carbocycles. The number of azo groups is 1. The number of nitrogens with zero attached hydrogens (tertiary/aromatic N) is 3. The van der Waals surface area contributed by atoms with Gasteiger partial charge in [-0.15, -0.1) is 0 Å². The van der Waals surface area contributed by atoms with Gasteiger partial charge < -0.3 is 9.47 Å². The van der Waals surface area contributed by atoms with Gasteiger partial charge in [0, 0.05) is 12.1 Å². The lowest BCUT2D eigenvalue weighted by Gasteiger charge is -2.24. The van der Waals surface area contributed by atoms with Crippen molar-refractivity contribution in [3.63, 3.8) is 0 Å². The molecule has 1 unspecified atom stereocenters. The van der Waals surface area contributed by atoms with Crippen LogP contribution in [0.15, 0.2) is 34.5 Å². The molecule has 1 rings (SSSR count). The van der Waals surface area contributed by atoms with Gasteiger partial charge in [0.15, 0.2) is 0 Å². The molecule has 0 aliphatic heterocycles. The molecular formula is C18H25N3O6. The van der Waals surface area contributed by atoms with E-state index in [4.69, 9.17) is 9.47 Å². The van der Waals surface area contributed by atoms with E-state index in [2.05, 4.69) is 10.2 Å². The van der Waals surface area contributed by atoms with Crippen molar-refractivity contribution in [1.82, 2.24) is 0 Å². The van der Waals surface area contributed by atoms with Gasteiger partial charge in [0.25, 0.3) is 5.69 Å². The van der Waals surface area contributed by atoms with Crippen LogP contribution >= 0.6 is 0 Å². The van der Waals surface area contributed by atoms with E-state index in [0.29, 0.717) is 0 Å². The second-order valence-electron chi connectivity index (χ2n) is 7.35. The number of nitro benzene ring substituents is 1. The fourth-order valence-electron chi connectivity index (χ4n) is 2.19. The standard InChI is InChI=1S/C18H25N3O6/c1-11(2)15(12(3)19-20-17(23)27-18(4,5)6)26-16(22)13-7-9-14(10-8-13)21(24)25/h7-12,15H,1-6H3/t12-,15?/m0/s1. The molecule has 0 spiro atoms. The lowest BCUT2D eigenvalue weighted by atomic mass is 10.0. The minimum atomic E-state index is -0.821. The first-order valence-electron chi connectivity index (χ1n) is 8.50. The third-order valence-electron chi connectivity index (χ3n) is 3.40. The molecule has 27 heavy (non-hydrogen) atoms. The molecule has 148 valence electrons. The van der Waals surface area contributed by atoms with Gasteiger partial charge in [0.1, 0.15) is 17.7 Å². The highest BCUT2D eigenvalue weighted by atomic mass is 16.6. The van der Waals surface area contributed by atoms with Crippen molar-refractivity contribution in [2.45, 2.75) is 59.3 Å². The number of benzene rings is 1. The monoisotopic (exact) mass is 379 g/mol. The summed E-state index contributed by atoms with van der Waals surface area (Å²) in [5, 5.41) is 18.1. The topological polar surface area (TPSA) is 120 Å². The Bertz CT molecular complexity index is 707. The summed E-state index contributed by atoms with van der Waals surface area (Å²) in [5.74, 6) is -0.734. The average Bonchev–Trinajstić information content (AvgIpc) is 2.55. The van der Waals surface area contributed by atoms with Crippen molar-refractivity contribution in [1.29, 1.82) is 0 Å². The van der Waals surface area contributed by atoms with Crippen LogP contribution in [0.5, 0.6) is 0 Å². The van der Waals surface area contributed by atoms with Crippen LogP contribution < -0.4 is 0 Å². The molecule has 0 aliphatic carbocycles. The lowest BCUT2D eigenvalue weighted by Crippen LogP contribution is -2.33. The van der Waals surface area contributed by atoms with Gasteiger partial charge in [0.05, 0.1) is 10.5 Å². The van der Waals surface area contributed by atoms with Crippen LogP contribution in [-0.4, -0.2) is 34.7 Å². The minimum Gasteiger partial charge on any atom is -0.456 e. The maximum atomic E-state index is 12.3. The molecule has 0 aromatic heterocycles. The van der Waals surface area contributed by atoms with E-state index in [1.165, 1.54) is 24.3 Å². The molecule has 9 heteroatoms. The summed E-state index contributed by atoms with van der Waals surface area (Å²) in [6.45, 7) is 10.5. The summed E-state index contributed by atoms with van der Waals surface area (Å²) in [5.41, 5.74) is -0.617. The fourth-order valence-corrected chi connectivity index (χ4v) is 2.19. The first-order valence-corrected chi connectivity index (χ1v) is 8.50. The normalized spacial score (nSPS) is 14.0. The number of rotatable bonds is 6. The second-order valence-corrected chi connectivity index (χ2v) is 7.35. The van der Waals surface area contributed by atoms with Crippen molar-refractivity contribution in [3.8, 4) is 0 Å². The van der Waals surface area contributed by atoms with Crippen molar-refractivity contribution in [2.24, 2.45) is 16.1 Å². The van der Waals surface area contributed by atoms with Gasteiger partial charge in [-0.3, -0.25) is 10.1 Å². The molecule has 0 saturated heterocycles. The van der Waals surface area contributed by atoms with E-state index in [9.17, 15) is 19.7 Å². The number of non-ortho nitro benzene ring substituents is 1. The highest BCUT2D eigenvalue weighted by Gasteiger charge is 2.26. The van der Waals surface area contributed by atoms with Gasteiger partial charge >= 0.3 is 12.1 Å². The number of nitro groups is 1. The molecule has 0 radical (unpaired) electrons. The van der Waals surface area contributed by atoms with Crippen LogP contribution in [0.1, 0.15) is 51.9 Å². The highest BCUT2D eigenvalue weighted by Crippen LogP contribution is 2.19. The zero-order chi connectivity index (χ0) is 20.8. The molecule has 1 aromatic rings. The molecule has 0 bridgehead atoms. The molecule has 0 aliphatic rings. The van der Waals surface area contributed by atoms with Crippen LogP contribution in [0.25, 0.3) is 0 Å². The number of hydrogen-bond donors (Lipinski definition) is 0. The summed E-state index contributed by atoms with van der Waals surface area (Å²) in [7, 11) is 0. The van der Waals surface area contributed by atoms with E-state index in [-0.39, 0.29) is 17.2 Å².